The molecule has 3 aliphatic heterocycles. The third kappa shape index (κ3) is 4.29. The molecule has 0 aliphatic carbocycles. The summed E-state index contributed by atoms with van der Waals surface area (Å²) in [6, 6.07) is 12.7. The van der Waals surface area contributed by atoms with Gasteiger partial charge in [-0.25, -0.2) is 12.8 Å². The molecule has 0 bridgehead atoms. The van der Waals surface area contributed by atoms with Crippen molar-refractivity contribution in [2.75, 3.05) is 36.4 Å². The van der Waals surface area contributed by atoms with E-state index in [2.05, 4.69) is 19.8 Å². The third-order valence-electron chi connectivity index (χ3n) is 6.74. The fourth-order valence-corrected chi connectivity index (χ4v) is 6.41. The van der Waals surface area contributed by atoms with Crippen LogP contribution in [0.25, 0.3) is 0 Å². The summed E-state index contributed by atoms with van der Waals surface area (Å²) in [7, 11) is -3.49. The number of hydrogen-bond donors (Lipinski definition) is 2. The second kappa shape index (κ2) is 8.41. The lowest BCUT2D eigenvalue weighted by molar-refractivity contribution is 0.163. The molecule has 2 saturated heterocycles. The Morgan fingerprint density at radius 3 is 2.48 bits per heavy atom. The van der Waals surface area contributed by atoms with E-state index in [0.717, 1.165) is 69.7 Å². The predicted octanol–water partition coefficient (Wildman–Crippen LogP) is 3.37. The number of piperidine rings is 1. The Balaban J connectivity index is 1.19. The van der Waals surface area contributed by atoms with E-state index in [1.807, 2.05) is 24.3 Å². The van der Waals surface area contributed by atoms with Crippen molar-refractivity contribution in [3.63, 3.8) is 0 Å². The Kier molecular flexibility index (Phi) is 5.62. The molecule has 0 radical (unpaired) electrons. The quantitative estimate of drug-likeness (QED) is 0.757. The van der Waals surface area contributed by atoms with Gasteiger partial charge >= 0.3 is 0 Å². The molecule has 8 heteroatoms. The van der Waals surface area contributed by atoms with Crippen molar-refractivity contribution < 1.29 is 12.8 Å². The lowest BCUT2D eigenvalue weighted by atomic mass is 9.93. The number of halogens is 1. The Hall–Kier alpha value is -2.16. The van der Waals surface area contributed by atoms with Crippen LogP contribution in [0.5, 0.6) is 0 Å². The first-order valence-electron chi connectivity index (χ1n) is 11.1. The van der Waals surface area contributed by atoms with Gasteiger partial charge in [-0.1, -0.05) is 18.2 Å². The van der Waals surface area contributed by atoms with E-state index >= 15 is 0 Å². The van der Waals surface area contributed by atoms with Crippen molar-refractivity contribution >= 4 is 21.4 Å². The number of sulfonamides is 1. The first-order valence-corrected chi connectivity index (χ1v) is 12.6. The molecule has 0 spiro atoms. The summed E-state index contributed by atoms with van der Waals surface area (Å²) in [6.45, 7) is 4.32. The molecule has 6 nitrogen and oxygen atoms in total. The molecule has 5 rings (SSSR count). The minimum Gasteiger partial charge on any atom is -0.369 e. The summed E-state index contributed by atoms with van der Waals surface area (Å²) in [5.41, 5.74) is 2.38. The molecule has 3 aliphatic rings. The molecule has 3 heterocycles. The number of rotatable bonds is 4. The summed E-state index contributed by atoms with van der Waals surface area (Å²) in [5, 5.41) is 3.36. The van der Waals surface area contributed by atoms with Gasteiger partial charge in [0.25, 0.3) is 0 Å². The smallest absolute Gasteiger partial charge is 0.244 e. The van der Waals surface area contributed by atoms with Gasteiger partial charge < -0.3 is 10.2 Å². The average Bonchev–Trinajstić information content (AvgIpc) is 3.28. The first kappa shape index (κ1) is 20.7. The Labute approximate surface area is 183 Å². The molecule has 0 saturated carbocycles. The third-order valence-corrected chi connectivity index (χ3v) is 8.24. The maximum atomic E-state index is 14.6. The maximum Gasteiger partial charge on any atom is 0.244 e. The largest absolute Gasteiger partial charge is 0.369 e. The van der Waals surface area contributed by atoms with Gasteiger partial charge in [0.1, 0.15) is 10.7 Å². The van der Waals surface area contributed by atoms with Crippen LogP contribution in [0.15, 0.2) is 47.4 Å². The zero-order valence-corrected chi connectivity index (χ0v) is 18.4. The molecule has 2 N–H and O–H groups in total. The minimum absolute atomic E-state index is 0.131. The standard InChI is InChI=1S/C23H29FN4O2S/c24-19-15-17(7-8-21(19)28-11-3-4-12-28)16-27-13-9-18(10-14-27)23-25-20-5-1-2-6-22(20)31(29,30)26-23/h1-2,5-8,15,18,23,25-26H,3-4,9-14,16H2. The molecule has 1 unspecified atom stereocenters. The van der Waals surface area contributed by atoms with Gasteiger partial charge in [-0.15, -0.1) is 0 Å². The summed E-state index contributed by atoms with van der Waals surface area (Å²) in [4.78, 5) is 4.76. The zero-order valence-electron chi connectivity index (χ0n) is 17.6. The SMILES string of the molecule is O=S1(=O)NC(C2CCN(Cc3ccc(N4CCCC4)c(F)c3)CC2)Nc2ccccc21. The van der Waals surface area contributed by atoms with Crippen LogP contribution in [-0.2, 0) is 16.6 Å². The van der Waals surface area contributed by atoms with Crippen LogP contribution >= 0.6 is 0 Å². The number of hydrogen-bond acceptors (Lipinski definition) is 5. The summed E-state index contributed by atoms with van der Waals surface area (Å²) < 4.78 is 42.6. The second-order valence-electron chi connectivity index (χ2n) is 8.83. The van der Waals surface area contributed by atoms with Crippen molar-refractivity contribution in [3.8, 4) is 0 Å². The van der Waals surface area contributed by atoms with E-state index in [-0.39, 0.29) is 17.9 Å². The first-order chi connectivity index (χ1) is 15.0. The zero-order chi connectivity index (χ0) is 21.4. The van der Waals surface area contributed by atoms with Gasteiger partial charge in [-0.05, 0) is 74.5 Å². The number of likely N-dealkylation sites (tertiary alicyclic amines) is 1. The highest BCUT2D eigenvalue weighted by atomic mass is 32.2. The fourth-order valence-electron chi connectivity index (χ4n) is 5.03. The lowest BCUT2D eigenvalue weighted by Crippen LogP contribution is -2.51. The number of benzene rings is 2. The van der Waals surface area contributed by atoms with Gasteiger partial charge in [-0.2, -0.15) is 4.72 Å². The van der Waals surface area contributed by atoms with Crippen LogP contribution in [0.4, 0.5) is 15.8 Å². The van der Waals surface area contributed by atoms with Crippen LogP contribution in [0.1, 0.15) is 31.2 Å². The summed E-state index contributed by atoms with van der Waals surface area (Å²) >= 11 is 0. The van der Waals surface area contributed by atoms with Gasteiger partial charge in [0.05, 0.1) is 17.5 Å². The van der Waals surface area contributed by atoms with Crippen LogP contribution in [0.2, 0.25) is 0 Å². The highest BCUT2D eigenvalue weighted by molar-refractivity contribution is 7.89. The highest BCUT2D eigenvalue weighted by Crippen LogP contribution is 2.31. The number of nitrogens with zero attached hydrogens (tertiary/aromatic N) is 2. The van der Waals surface area contributed by atoms with E-state index in [1.54, 1.807) is 18.2 Å². The molecule has 1 atom stereocenters. The Morgan fingerprint density at radius 1 is 1.00 bits per heavy atom. The molecular formula is C23H29FN4O2S. The van der Waals surface area contributed by atoms with E-state index in [9.17, 15) is 12.8 Å². The topological polar surface area (TPSA) is 64.7 Å². The van der Waals surface area contributed by atoms with Crippen molar-refractivity contribution in [2.45, 2.75) is 43.3 Å². The Morgan fingerprint density at radius 2 is 1.74 bits per heavy atom. The van der Waals surface area contributed by atoms with Crippen LogP contribution < -0.4 is 14.9 Å². The van der Waals surface area contributed by atoms with Crippen molar-refractivity contribution in [2.24, 2.45) is 5.92 Å². The molecule has 166 valence electrons. The van der Waals surface area contributed by atoms with Crippen molar-refractivity contribution in [1.29, 1.82) is 0 Å². The predicted molar refractivity (Wildman–Crippen MR) is 120 cm³/mol. The normalized spacial score (nSPS) is 24.0. The minimum atomic E-state index is -3.49. The fraction of sp³-hybridized carbons (Fsp3) is 0.478. The molecule has 31 heavy (non-hydrogen) atoms. The highest BCUT2D eigenvalue weighted by Gasteiger charge is 2.35. The number of fused-ring (bicyclic) bond motifs is 1. The molecule has 2 aromatic rings. The van der Waals surface area contributed by atoms with Crippen LogP contribution in [0.3, 0.4) is 0 Å². The van der Waals surface area contributed by atoms with Gasteiger partial charge in [0, 0.05) is 19.6 Å². The molecule has 0 aromatic heterocycles. The van der Waals surface area contributed by atoms with E-state index < -0.39 is 10.0 Å². The lowest BCUT2D eigenvalue weighted by Gasteiger charge is -2.39. The van der Waals surface area contributed by atoms with Crippen molar-refractivity contribution in [1.82, 2.24) is 9.62 Å². The van der Waals surface area contributed by atoms with Crippen molar-refractivity contribution in [3.05, 3.63) is 53.8 Å². The average molecular weight is 445 g/mol. The van der Waals surface area contributed by atoms with Gasteiger partial charge in [0.15, 0.2) is 0 Å². The Bertz CT molecular complexity index is 1050. The van der Waals surface area contributed by atoms with Crippen LogP contribution in [-0.4, -0.2) is 45.7 Å². The number of anilines is 2. The molecular weight excluding hydrogens is 415 g/mol. The van der Waals surface area contributed by atoms with Gasteiger partial charge in [0.2, 0.25) is 10.0 Å². The van der Waals surface area contributed by atoms with E-state index in [4.69, 9.17) is 0 Å². The molecule has 0 amide bonds. The molecule has 2 fully saturated rings. The van der Waals surface area contributed by atoms with Gasteiger partial charge in [-0.3, -0.25) is 4.90 Å². The number of nitrogens with one attached hydrogen (secondary N) is 2. The maximum absolute atomic E-state index is 14.6. The molecule has 2 aromatic carbocycles. The monoisotopic (exact) mass is 444 g/mol. The number of para-hydroxylation sites is 1. The van der Waals surface area contributed by atoms with E-state index in [1.165, 1.54) is 0 Å². The van der Waals surface area contributed by atoms with Crippen LogP contribution in [0, 0.1) is 11.7 Å². The second-order valence-corrected chi connectivity index (χ2v) is 10.5. The summed E-state index contributed by atoms with van der Waals surface area (Å²) in [5.74, 6) is 0.0856. The summed E-state index contributed by atoms with van der Waals surface area (Å²) in [6.07, 6.45) is 3.74. The van der Waals surface area contributed by atoms with E-state index in [0.29, 0.717) is 10.6 Å².